The van der Waals surface area contributed by atoms with Gasteiger partial charge in [-0.15, -0.1) is 0 Å². The van der Waals surface area contributed by atoms with Crippen LogP contribution in [0.1, 0.15) is 55.7 Å². The highest BCUT2D eigenvalue weighted by molar-refractivity contribution is 5.75. The first-order chi connectivity index (χ1) is 21.6. The van der Waals surface area contributed by atoms with Crippen LogP contribution in [0.2, 0.25) is 0 Å². The Balaban J connectivity index is 1.08. The smallest absolute Gasteiger partial charge is 0.320 e. The second kappa shape index (κ2) is 12.9. The third-order valence-electron chi connectivity index (χ3n) is 10.6. The minimum absolute atomic E-state index is 0.0723. The fourth-order valence-electron chi connectivity index (χ4n) is 8.17. The van der Waals surface area contributed by atoms with Gasteiger partial charge in [0.25, 0.3) is 0 Å². The van der Waals surface area contributed by atoms with Crippen LogP contribution in [0.15, 0.2) is 77.7 Å². The second-order valence-electron chi connectivity index (χ2n) is 13.1. The lowest BCUT2D eigenvalue weighted by Gasteiger charge is -2.51. The molecule has 1 N–H and O–H groups in total. The van der Waals surface area contributed by atoms with E-state index in [9.17, 15) is 9.59 Å². The minimum Gasteiger partial charge on any atom is -0.379 e. The van der Waals surface area contributed by atoms with Gasteiger partial charge >= 0.3 is 6.03 Å². The molecule has 44 heavy (non-hydrogen) atoms. The number of hydrogen-bond acceptors (Lipinski definition) is 5. The average molecular weight is 596 g/mol. The van der Waals surface area contributed by atoms with E-state index in [4.69, 9.17) is 4.74 Å². The Morgan fingerprint density at radius 2 is 1.64 bits per heavy atom. The van der Waals surface area contributed by atoms with Crippen molar-refractivity contribution in [2.75, 3.05) is 52.5 Å². The Labute approximate surface area is 260 Å². The number of likely N-dealkylation sites (tertiary alicyclic amines) is 1. The molecule has 2 atom stereocenters. The molecule has 0 bridgehead atoms. The van der Waals surface area contributed by atoms with Crippen LogP contribution in [-0.2, 0) is 11.3 Å². The van der Waals surface area contributed by atoms with E-state index < -0.39 is 0 Å². The van der Waals surface area contributed by atoms with Crippen molar-refractivity contribution in [2.24, 2.45) is 0 Å². The summed E-state index contributed by atoms with van der Waals surface area (Å²) in [6.45, 7) is 7.13. The normalized spacial score (nSPS) is 24.5. The van der Waals surface area contributed by atoms with Gasteiger partial charge in [0.2, 0.25) is 0 Å². The lowest BCUT2D eigenvalue weighted by Crippen LogP contribution is -2.64. The molecule has 1 aliphatic carbocycles. The highest BCUT2D eigenvalue weighted by Gasteiger charge is 2.46. The Bertz CT molecular complexity index is 1470. The number of nitrogens with one attached hydrogen (secondary N) is 1. The number of pyridine rings is 1. The zero-order chi connectivity index (χ0) is 29.9. The highest BCUT2D eigenvalue weighted by atomic mass is 16.5. The van der Waals surface area contributed by atoms with Crippen molar-refractivity contribution in [2.45, 2.75) is 62.7 Å². The van der Waals surface area contributed by atoms with E-state index in [1.165, 1.54) is 18.4 Å². The molecule has 4 aliphatic rings. The number of aromatic nitrogens is 1. The molecule has 2 aromatic carbocycles. The van der Waals surface area contributed by atoms with Crippen molar-refractivity contribution in [3.05, 3.63) is 94.3 Å². The highest BCUT2D eigenvalue weighted by Crippen LogP contribution is 2.40. The molecule has 2 unspecified atom stereocenters. The molecular formula is C36H45N5O3. The van der Waals surface area contributed by atoms with Crippen LogP contribution < -0.4 is 5.43 Å². The largest absolute Gasteiger partial charge is 0.379 e. The summed E-state index contributed by atoms with van der Waals surface area (Å²) >= 11 is 0. The number of carbonyl (C=O) groups is 1. The number of benzene rings is 2. The number of ether oxygens (including phenoxy) is 1. The van der Waals surface area contributed by atoms with Gasteiger partial charge in [-0.2, -0.15) is 0 Å². The average Bonchev–Trinajstić information content (AvgIpc) is 3.55. The lowest BCUT2D eigenvalue weighted by molar-refractivity contribution is -0.0182. The molecule has 7 rings (SSSR count). The monoisotopic (exact) mass is 595 g/mol. The Hall–Kier alpha value is -3.46. The third kappa shape index (κ3) is 5.95. The first kappa shape index (κ1) is 29.3. The van der Waals surface area contributed by atoms with E-state index in [0.717, 1.165) is 88.4 Å². The van der Waals surface area contributed by atoms with E-state index >= 15 is 0 Å². The van der Waals surface area contributed by atoms with Crippen LogP contribution in [0, 0.1) is 0 Å². The summed E-state index contributed by atoms with van der Waals surface area (Å²) in [5, 5.41) is 0. The van der Waals surface area contributed by atoms with Gasteiger partial charge in [-0.1, -0.05) is 73.5 Å². The number of aromatic amines is 1. The summed E-state index contributed by atoms with van der Waals surface area (Å²) in [4.78, 5) is 40.4. The second-order valence-corrected chi connectivity index (χ2v) is 13.1. The maximum Gasteiger partial charge on any atom is 0.320 e. The molecule has 0 radical (unpaired) electrons. The molecule has 3 aliphatic heterocycles. The van der Waals surface area contributed by atoms with Crippen molar-refractivity contribution >= 4 is 6.03 Å². The van der Waals surface area contributed by atoms with Gasteiger partial charge in [0.1, 0.15) is 0 Å². The minimum atomic E-state index is -0.0766. The first-order valence-electron chi connectivity index (χ1n) is 16.5. The summed E-state index contributed by atoms with van der Waals surface area (Å²) < 4.78 is 5.63. The van der Waals surface area contributed by atoms with Crippen LogP contribution in [-0.4, -0.2) is 94.7 Å². The van der Waals surface area contributed by atoms with Gasteiger partial charge in [-0.25, -0.2) is 4.79 Å². The van der Waals surface area contributed by atoms with Crippen LogP contribution >= 0.6 is 0 Å². The zero-order valence-corrected chi connectivity index (χ0v) is 25.7. The number of piperidine rings is 1. The standard InChI is InChI=1S/C36H45N5O3/c42-34-24-32(28-9-3-1-4-10-28)37-25-30(34)26-40-18-17-39(27-36(40)14-7-8-15-36)35(43)41-16-13-31(38-19-21-44-22-20-38)23-33(41)29-11-5-2-6-12-29/h1-6,9-12,24-25,31,33H,7-8,13-23,26-27H2,(H,37,42). The molecule has 1 spiro atoms. The number of amides is 2. The molecule has 8 nitrogen and oxygen atoms in total. The molecular weight excluding hydrogens is 550 g/mol. The zero-order valence-electron chi connectivity index (χ0n) is 25.7. The molecule has 3 saturated heterocycles. The predicted molar refractivity (Wildman–Crippen MR) is 172 cm³/mol. The van der Waals surface area contributed by atoms with Gasteiger partial charge in [-0.05, 0) is 36.8 Å². The van der Waals surface area contributed by atoms with Gasteiger partial charge in [-0.3, -0.25) is 14.6 Å². The molecule has 1 aromatic heterocycles. The van der Waals surface area contributed by atoms with Crippen LogP contribution in [0.5, 0.6) is 0 Å². The number of morpholine rings is 1. The number of hydrogen-bond donors (Lipinski definition) is 1. The number of H-pyrrole nitrogens is 1. The maximum atomic E-state index is 14.4. The topological polar surface area (TPSA) is 72.1 Å². The van der Waals surface area contributed by atoms with E-state index in [0.29, 0.717) is 19.1 Å². The lowest BCUT2D eigenvalue weighted by atomic mass is 9.89. The molecule has 1 saturated carbocycles. The number of piperazine rings is 1. The summed E-state index contributed by atoms with van der Waals surface area (Å²) in [5.74, 6) is 0. The SMILES string of the molecule is O=C(N1CCN(Cc2c[nH]c(-c3ccccc3)cc2=O)C2(CCCC2)C1)N1CCC(N2CCOCC2)CC1c1ccccc1. The van der Waals surface area contributed by atoms with E-state index in [1.807, 2.05) is 36.5 Å². The van der Waals surface area contributed by atoms with Gasteiger partial charge in [0.05, 0.1) is 19.3 Å². The van der Waals surface area contributed by atoms with Crippen molar-refractivity contribution in [1.82, 2.24) is 24.6 Å². The maximum absolute atomic E-state index is 14.4. The van der Waals surface area contributed by atoms with Crippen molar-refractivity contribution < 1.29 is 9.53 Å². The van der Waals surface area contributed by atoms with Crippen molar-refractivity contribution in [1.29, 1.82) is 0 Å². The quantitative estimate of drug-likeness (QED) is 0.443. The first-order valence-corrected chi connectivity index (χ1v) is 16.5. The molecule has 4 fully saturated rings. The van der Waals surface area contributed by atoms with Crippen LogP contribution in [0.3, 0.4) is 0 Å². The molecule has 2 amide bonds. The van der Waals surface area contributed by atoms with E-state index in [2.05, 4.69) is 54.9 Å². The molecule has 8 heteroatoms. The van der Waals surface area contributed by atoms with E-state index in [-0.39, 0.29) is 23.0 Å². The van der Waals surface area contributed by atoms with E-state index in [1.54, 1.807) is 6.07 Å². The van der Waals surface area contributed by atoms with Crippen molar-refractivity contribution in [3.63, 3.8) is 0 Å². The molecule has 3 aromatic rings. The summed E-state index contributed by atoms with van der Waals surface area (Å²) in [5.41, 5.74) is 3.88. The van der Waals surface area contributed by atoms with Gasteiger partial charge in [0.15, 0.2) is 5.43 Å². The van der Waals surface area contributed by atoms with Crippen molar-refractivity contribution in [3.8, 4) is 11.3 Å². The van der Waals surface area contributed by atoms with Gasteiger partial charge < -0.3 is 19.5 Å². The number of urea groups is 1. The molecule has 232 valence electrons. The van der Waals surface area contributed by atoms with Gasteiger partial charge in [0, 0.05) is 80.9 Å². The third-order valence-corrected chi connectivity index (χ3v) is 10.6. The Morgan fingerprint density at radius 3 is 2.36 bits per heavy atom. The number of rotatable bonds is 5. The Morgan fingerprint density at radius 1 is 0.909 bits per heavy atom. The van der Waals surface area contributed by atoms with Crippen LogP contribution in [0.4, 0.5) is 4.79 Å². The van der Waals surface area contributed by atoms with Crippen LogP contribution in [0.25, 0.3) is 11.3 Å². The number of nitrogens with zero attached hydrogens (tertiary/aromatic N) is 4. The Kier molecular flexibility index (Phi) is 8.56. The molecule has 4 heterocycles. The number of carbonyl (C=O) groups excluding carboxylic acids is 1. The summed E-state index contributed by atoms with van der Waals surface area (Å²) in [6, 6.07) is 23.1. The summed E-state index contributed by atoms with van der Waals surface area (Å²) in [6.07, 6.45) is 8.33. The fraction of sp³-hybridized carbons (Fsp3) is 0.500. The fourth-order valence-corrected chi connectivity index (χ4v) is 8.17. The predicted octanol–water partition coefficient (Wildman–Crippen LogP) is 5.13. The summed E-state index contributed by atoms with van der Waals surface area (Å²) in [7, 11) is 0.